The van der Waals surface area contributed by atoms with Gasteiger partial charge >= 0.3 is 0 Å². The first-order chi connectivity index (χ1) is 21.3. The average molecular weight is 674 g/mol. The normalized spacial score (nSPS) is 11.2. The molecule has 0 saturated heterocycles. The Morgan fingerprint density at radius 1 is 0.733 bits per heavy atom. The van der Waals surface area contributed by atoms with Gasteiger partial charge in [-0.05, 0) is 24.0 Å². The molecule has 45 heavy (non-hydrogen) atoms. The van der Waals surface area contributed by atoms with Gasteiger partial charge in [0.25, 0.3) is 0 Å². The monoisotopic (exact) mass is 672 g/mol. The minimum absolute atomic E-state index is 0.311. The van der Waals surface area contributed by atoms with E-state index in [4.69, 9.17) is 40.5 Å². The molecule has 0 spiro atoms. The number of rotatable bonds is 6. The van der Waals surface area contributed by atoms with Crippen molar-refractivity contribution in [1.82, 2.24) is 49.1 Å². The molecule has 6 aromatic heterocycles. The molecule has 0 aromatic carbocycles. The van der Waals surface area contributed by atoms with Crippen molar-refractivity contribution < 1.29 is 0 Å². The van der Waals surface area contributed by atoms with Crippen LogP contribution in [0.1, 0.15) is 62.0 Å². The molecule has 0 saturated carbocycles. The van der Waals surface area contributed by atoms with Gasteiger partial charge in [-0.2, -0.15) is 20.4 Å². The second-order valence-electron chi connectivity index (χ2n) is 11.2. The lowest BCUT2D eigenvalue weighted by Crippen LogP contribution is -2.01. The summed E-state index contributed by atoms with van der Waals surface area (Å²) in [6.45, 7) is 9.66. The van der Waals surface area contributed by atoms with Gasteiger partial charge < -0.3 is 11.1 Å². The van der Waals surface area contributed by atoms with Crippen LogP contribution in [0.3, 0.4) is 0 Å². The summed E-state index contributed by atoms with van der Waals surface area (Å²) in [5, 5.41) is 23.9. The highest BCUT2D eigenvalue weighted by atomic mass is 35.5. The number of anilines is 1. The highest BCUT2D eigenvalue weighted by Gasteiger charge is 2.18. The Balaban J connectivity index is 0.000000172. The Bertz CT molecular complexity index is 1900. The number of hydrogen-bond acceptors (Lipinski definition) is 8. The Morgan fingerprint density at radius 2 is 1.22 bits per heavy atom. The quantitative estimate of drug-likeness (QED) is 0.195. The predicted molar refractivity (Wildman–Crippen MR) is 182 cm³/mol. The molecule has 0 bridgehead atoms. The van der Waals surface area contributed by atoms with Gasteiger partial charge in [0, 0.05) is 64.8 Å². The average Bonchev–Trinajstić information content (AvgIpc) is 3.75. The molecule has 0 aliphatic rings. The molecule has 0 aliphatic carbocycles. The molecular formula is C30H39Cl3N12. The summed E-state index contributed by atoms with van der Waals surface area (Å²) in [5.74, 6) is 0.625. The molecular weight excluding hydrogens is 635 g/mol. The van der Waals surface area contributed by atoms with Crippen molar-refractivity contribution in [1.29, 1.82) is 0 Å². The number of nitrogens with two attached hydrogens (primary N) is 1. The second-order valence-corrected chi connectivity index (χ2v) is 12.4. The number of nitrogens with zero attached hydrogens (tertiary/aromatic N) is 10. The fourth-order valence-corrected chi connectivity index (χ4v) is 5.45. The van der Waals surface area contributed by atoms with E-state index in [2.05, 4.69) is 63.4 Å². The van der Waals surface area contributed by atoms with E-state index >= 15 is 0 Å². The number of aryl methyl sites for hydroxylation is 4. The molecule has 12 nitrogen and oxygen atoms in total. The van der Waals surface area contributed by atoms with Gasteiger partial charge in [0.2, 0.25) is 0 Å². The van der Waals surface area contributed by atoms with Crippen LogP contribution in [0.2, 0.25) is 15.3 Å². The molecule has 0 fully saturated rings. The molecule has 15 heteroatoms. The maximum atomic E-state index is 6.16. The highest BCUT2D eigenvalue weighted by Crippen LogP contribution is 2.33. The fraction of sp³-hybridized carbons (Fsp3) is 0.400. The standard InChI is InChI=1S/C15H19ClN6.C10H11Cl2N3.C5H9N3/c1-9(2)14-13-11(17-6-10-7-18-21(3)8-10)5-12(16)19-15(13)22(4)20-14;1-5(2)9-8-6(11)4-7(12)13-10(8)15(3)14-9;1-8-4-5(2-6)3-7-8/h5,7-9H,6H2,1-4H3,(H,17,19);4-5H,1-3H3;3-4H,2,6H2,1H3. The second kappa shape index (κ2) is 14.6. The molecule has 6 rings (SSSR count). The Hall–Kier alpha value is -3.71. The largest absolute Gasteiger partial charge is 0.380 e. The van der Waals surface area contributed by atoms with E-state index in [0.29, 0.717) is 40.3 Å². The van der Waals surface area contributed by atoms with E-state index in [0.717, 1.165) is 50.3 Å². The zero-order valence-corrected chi connectivity index (χ0v) is 29.0. The number of nitrogens with one attached hydrogen (secondary N) is 1. The predicted octanol–water partition coefficient (Wildman–Crippen LogP) is 6.37. The SMILES string of the molecule is CC(C)c1nn(C)c2nc(Cl)cc(Cl)c12.CC(C)c1nn(C)c2nc(Cl)cc(NCc3cnn(C)c3)c12.Cn1cc(CN)cn1. The Labute approximate surface area is 277 Å². The minimum Gasteiger partial charge on any atom is -0.380 e. The van der Waals surface area contributed by atoms with E-state index < -0.39 is 0 Å². The van der Waals surface area contributed by atoms with Crippen molar-refractivity contribution in [2.24, 2.45) is 33.9 Å². The lowest BCUT2D eigenvalue weighted by molar-refractivity contribution is 0.724. The summed E-state index contributed by atoms with van der Waals surface area (Å²) in [4.78, 5) is 8.63. The summed E-state index contributed by atoms with van der Waals surface area (Å²) in [7, 11) is 7.51. The van der Waals surface area contributed by atoms with Gasteiger partial charge in [-0.15, -0.1) is 0 Å². The third-order valence-corrected chi connectivity index (χ3v) is 7.55. The lowest BCUT2D eigenvalue weighted by atomic mass is 10.1. The summed E-state index contributed by atoms with van der Waals surface area (Å²) < 4.78 is 7.02. The third-order valence-electron chi connectivity index (χ3n) is 6.86. The molecule has 0 amide bonds. The maximum Gasteiger partial charge on any atom is 0.161 e. The molecule has 0 radical (unpaired) electrons. The van der Waals surface area contributed by atoms with E-state index in [1.165, 1.54) is 0 Å². The number of fused-ring (bicyclic) bond motifs is 2. The molecule has 3 N–H and O–H groups in total. The van der Waals surface area contributed by atoms with Crippen molar-refractivity contribution in [2.75, 3.05) is 5.32 Å². The van der Waals surface area contributed by atoms with Crippen LogP contribution in [0.25, 0.3) is 22.1 Å². The van der Waals surface area contributed by atoms with Crippen molar-refractivity contribution in [2.45, 2.75) is 52.6 Å². The number of aromatic nitrogens is 10. The van der Waals surface area contributed by atoms with Crippen LogP contribution >= 0.6 is 34.8 Å². The summed E-state index contributed by atoms with van der Waals surface area (Å²) in [5.41, 5.74) is 12.0. The van der Waals surface area contributed by atoms with Gasteiger partial charge in [0.05, 0.1) is 45.3 Å². The Morgan fingerprint density at radius 3 is 1.69 bits per heavy atom. The van der Waals surface area contributed by atoms with Gasteiger partial charge in [0.15, 0.2) is 11.3 Å². The first-order valence-corrected chi connectivity index (χ1v) is 15.5. The summed E-state index contributed by atoms with van der Waals surface area (Å²) >= 11 is 18.2. The van der Waals surface area contributed by atoms with Crippen LogP contribution in [-0.4, -0.2) is 49.1 Å². The smallest absolute Gasteiger partial charge is 0.161 e. The minimum atomic E-state index is 0.311. The molecule has 6 aromatic rings. The van der Waals surface area contributed by atoms with Crippen LogP contribution < -0.4 is 11.1 Å². The van der Waals surface area contributed by atoms with Crippen molar-refractivity contribution >= 4 is 62.6 Å². The first-order valence-electron chi connectivity index (χ1n) is 14.4. The van der Waals surface area contributed by atoms with Crippen molar-refractivity contribution in [3.8, 4) is 0 Å². The number of halogens is 3. The van der Waals surface area contributed by atoms with Crippen LogP contribution in [0, 0.1) is 0 Å². The highest BCUT2D eigenvalue weighted by molar-refractivity contribution is 6.37. The third kappa shape index (κ3) is 8.12. The number of pyridine rings is 2. The van der Waals surface area contributed by atoms with Gasteiger partial charge in [0.1, 0.15) is 10.3 Å². The number of hydrogen-bond donors (Lipinski definition) is 2. The Kier molecular flexibility index (Phi) is 11.1. The van der Waals surface area contributed by atoms with E-state index in [1.54, 1.807) is 31.0 Å². The van der Waals surface area contributed by atoms with Crippen LogP contribution in [0.15, 0.2) is 36.9 Å². The molecule has 6 heterocycles. The van der Waals surface area contributed by atoms with E-state index in [9.17, 15) is 0 Å². The first kappa shape index (κ1) is 34.2. The summed E-state index contributed by atoms with van der Waals surface area (Å²) in [6, 6.07) is 3.51. The van der Waals surface area contributed by atoms with Gasteiger partial charge in [-0.25, -0.2) is 9.97 Å². The molecule has 0 aliphatic heterocycles. The van der Waals surface area contributed by atoms with Gasteiger partial charge in [-0.1, -0.05) is 62.5 Å². The van der Waals surface area contributed by atoms with E-state index in [-0.39, 0.29) is 0 Å². The zero-order chi connectivity index (χ0) is 33.0. The van der Waals surface area contributed by atoms with Crippen LogP contribution in [0.4, 0.5) is 5.69 Å². The van der Waals surface area contributed by atoms with Crippen LogP contribution in [-0.2, 0) is 41.3 Å². The fourth-order valence-electron chi connectivity index (χ4n) is 4.74. The maximum absolute atomic E-state index is 6.16. The topological polar surface area (TPSA) is 135 Å². The molecule has 0 atom stereocenters. The van der Waals surface area contributed by atoms with Gasteiger partial charge in [-0.3, -0.25) is 18.7 Å². The van der Waals surface area contributed by atoms with E-state index in [1.807, 2.05) is 52.8 Å². The zero-order valence-electron chi connectivity index (χ0n) is 26.7. The van der Waals surface area contributed by atoms with Crippen LogP contribution in [0.5, 0.6) is 0 Å². The molecule has 0 unspecified atom stereocenters. The van der Waals surface area contributed by atoms with Crippen molar-refractivity contribution in [3.63, 3.8) is 0 Å². The van der Waals surface area contributed by atoms with Crippen molar-refractivity contribution in [3.05, 3.63) is 74.8 Å². The summed E-state index contributed by atoms with van der Waals surface area (Å²) in [6.07, 6.45) is 7.50. The lowest BCUT2D eigenvalue weighted by Gasteiger charge is -2.09. The molecule has 240 valence electrons.